The van der Waals surface area contributed by atoms with E-state index >= 15 is 0 Å². The number of halogens is 1. The molecule has 2 aliphatic rings. The lowest BCUT2D eigenvalue weighted by atomic mass is 10.0. The molecule has 0 spiro atoms. The third-order valence-electron chi connectivity index (χ3n) is 5.24. The first kappa shape index (κ1) is 19.3. The first-order valence-corrected chi connectivity index (χ1v) is 9.90. The Morgan fingerprint density at radius 2 is 2.00 bits per heavy atom. The number of ether oxygens (including phenoxy) is 1. The van der Waals surface area contributed by atoms with E-state index in [0.29, 0.717) is 30.9 Å². The molecular weight excluding hydrogens is 401 g/mol. The molecule has 5 rings (SSSR count). The summed E-state index contributed by atoms with van der Waals surface area (Å²) in [7, 11) is 0. The van der Waals surface area contributed by atoms with Gasteiger partial charge in [0.15, 0.2) is 0 Å². The van der Waals surface area contributed by atoms with Crippen molar-refractivity contribution >= 4 is 17.5 Å². The second-order valence-electron chi connectivity index (χ2n) is 7.47. The molecule has 1 fully saturated rings. The molecule has 1 N–H and O–H groups in total. The van der Waals surface area contributed by atoms with Crippen LogP contribution < -0.4 is 10.4 Å². The number of hydroxylamine groups is 1. The first-order valence-electron chi connectivity index (χ1n) is 9.90. The maximum atomic E-state index is 14.9. The van der Waals surface area contributed by atoms with Crippen LogP contribution in [0.1, 0.15) is 11.3 Å². The highest BCUT2D eigenvalue weighted by Gasteiger charge is 2.33. The van der Waals surface area contributed by atoms with Gasteiger partial charge in [-0.3, -0.25) is 15.2 Å². The number of rotatable bonds is 5. The number of nitrogens with zero attached hydrogens (tertiary/aromatic N) is 4. The van der Waals surface area contributed by atoms with Crippen LogP contribution in [0.3, 0.4) is 0 Å². The summed E-state index contributed by atoms with van der Waals surface area (Å²) in [6.45, 7) is 3.07. The third-order valence-corrected chi connectivity index (χ3v) is 5.24. The summed E-state index contributed by atoms with van der Waals surface area (Å²) in [5.74, 6) is -0.407. The fraction of sp³-hybridized carbons (Fsp3) is 0.227. The number of aromatic nitrogens is 3. The number of hydrogen-bond acceptors (Lipinski definition) is 6. The molecule has 1 atom stereocenters. The van der Waals surface area contributed by atoms with Crippen LogP contribution in [0.15, 0.2) is 54.7 Å². The predicted octanol–water partition coefficient (Wildman–Crippen LogP) is 3.29. The van der Waals surface area contributed by atoms with Crippen LogP contribution in [0.4, 0.5) is 14.9 Å². The second kappa shape index (κ2) is 7.84. The van der Waals surface area contributed by atoms with Crippen molar-refractivity contribution in [3.8, 4) is 11.1 Å². The van der Waals surface area contributed by atoms with Crippen LogP contribution in [0.25, 0.3) is 16.8 Å². The number of amides is 1. The van der Waals surface area contributed by atoms with Crippen molar-refractivity contribution in [2.75, 3.05) is 18.1 Å². The number of carbonyl (C=O) groups is 1. The van der Waals surface area contributed by atoms with Crippen LogP contribution in [0.5, 0.6) is 0 Å². The Bertz CT molecular complexity index is 1160. The van der Waals surface area contributed by atoms with Gasteiger partial charge in [0.2, 0.25) is 0 Å². The highest BCUT2D eigenvalue weighted by molar-refractivity contribution is 5.90. The van der Waals surface area contributed by atoms with Gasteiger partial charge in [-0.1, -0.05) is 29.5 Å². The van der Waals surface area contributed by atoms with Gasteiger partial charge in [-0.2, -0.15) is 0 Å². The summed E-state index contributed by atoms with van der Waals surface area (Å²) in [5, 5.41) is 7.90. The number of anilines is 1. The SMILES string of the molecule is Cc1cn(C[C@H]2CN(c3ccc(-c4ccc(C5=CCON5)cc4)c(F)c3)C(=O)O2)nn1. The van der Waals surface area contributed by atoms with Gasteiger partial charge in [0.05, 0.1) is 36.8 Å². The van der Waals surface area contributed by atoms with Gasteiger partial charge in [0, 0.05) is 11.8 Å². The van der Waals surface area contributed by atoms with Crippen molar-refractivity contribution in [1.82, 2.24) is 20.5 Å². The summed E-state index contributed by atoms with van der Waals surface area (Å²) < 4.78 is 22.0. The zero-order valence-electron chi connectivity index (χ0n) is 16.8. The molecule has 0 aliphatic carbocycles. The molecule has 3 aromatic rings. The van der Waals surface area contributed by atoms with E-state index in [4.69, 9.17) is 9.57 Å². The van der Waals surface area contributed by atoms with Gasteiger partial charge in [0.1, 0.15) is 11.9 Å². The molecule has 1 aromatic heterocycles. The largest absolute Gasteiger partial charge is 0.442 e. The Labute approximate surface area is 177 Å². The summed E-state index contributed by atoms with van der Waals surface area (Å²) in [6, 6.07) is 12.3. The molecule has 158 valence electrons. The lowest BCUT2D eigenvalue weighted by Gasteiger charge is -2.14. The van der Waals surface area contributed by atoms with Crippen molar-refractivity contribution in [2.45, 2.75) is 19.6 Å². The fourth-order valence-electron chi connectivity index (χ4n) is 3.72. The van der Waals surface area contributed by atoms with Crippen LogP contribution in [-0.2, 0) is 16.1 Å². The van der Waals surface area contributed by atoms with E-state index in [1.807, 2.05) is 37.3 Å². The topological polar surface area (TPSA) is 81.5 Å². The van der Waals surface area contributed by atoms with E-state index in [9.17, 15) is 9.18 Å². The monoisotopic (exact) mass is 421 g/mol. The minimum Gasteiger partial charge on any atom is -0.442 e. The van der Waals surface area contributed by atoms with Gasteiger partial charge >= 0.3 is 6.09 Å². The van der Waals surface area contributed by atoms with Crippen molar-refractivity contribution in [1.29, 1.82) is 0 Å². The summed E-state index contributed by atoms with van der Waals surface area (Å²) >= 11 is 0. The highest BCUT2D eigenvalue weighted by atomic mass is 19.1. The number of aryl methyl sites for hydroxylation is 1. The van der Waals surface area contributed by atoms with Gasteiger partial charge in [-0.05, 0) is 42.3 Å². The van der Waals surface area contributed by atoms with Crippen LogP contribution in [0, 0.1) is 12.7 Å². The Hall–Kier alpha value is -3.72. The average molecular weight is 421 g/mol. The molecule has 1 amide bonds. The minimum atomic E-state index is -0.502. The molecule has 0 radical (unpaired) electrons. The van der Waals surface area contributed by atoms with Gasteiger partial charge in [-0.25, -0.2) is 13.9 Å². The van der Waals surface area contributed by atoms with E-state index < -0.39 is 11.9 Å². The Morgan fingerprint density at radius 1 is 1.19 bits per heavy atom. The molecule has 0 bridgehead atoms. The van der Waals surface area contributed by atoms with E-state index in [-0.39, 0.29) is 6.10 Å². The van der Waals surface area contributed by atoms with Crippen molar-refractivity contribution in [2.24, 2.45) is 0 Å². The van der Waals surface area contributed by atoms with Crippen LogP contribution >= 0.6 is 0 Å². The molecular formula is C22H20FN5O3. The molecule has 3 heterocycles. The van der Waals surface area contributed by atoms with E-state index in [1.54, 1.807) is 23.0 Å². The number of nitrogens with one attached hydrogen (secondary N) is 1. The van der Waals surface area contributed by atoms with Gasteiger partial charge in [-0.15, -0.1) is 5.10 Å². The molecule has 2 aliphatic heterocycles. The zero-order valence-corrected chi connectivity index (χ0v) is 16.8. The summed E-state index contributed by atoms with van der Waals surface area (Å²) in [6.07, 6.45) is 2.84. The molecule has 2 aromatic carbocycles. The lowest BCUT2D eigenvalue weighted by Crippen LogP contribution is -2.26. The smallest absolute Gasteiger partial charge is 0.414 e. The normalized spacial score (nSPS) is 18.1. The van der Waals surface area contributed by atoms with Gasteiger partial charge < -0.3 is 4.74 Å². The second-order valence-corrected chi connectivity index (χ2v) is 7.47. The fourth-order valence-corrected chi connectivity index (χ4v) is 3.72. The first-order chi connectivity index (χ1) is 15.1. The quantitative estimate of drug-likeness (QED) is 0.681. The van der Waals surface area contributed by atoms with Gasteiger partial charge in [0.25, 0.3) is 0 Å². The van der Waals surface area contributed by atoms with E-state index in [2.05, 4.69) is 15.8 Å². The lowest BCUT2D eigenvalue weighted by molar-refractivity contribution is 0.121. The third kappa shape index (κ3) is 3.87. The Balaban J connectivity index is 1.31. The molecule has 8 nitrogen and oxygen atoms in total. The Morgan fingerprint density at radius 3 is 2.68 bits per heavy atom. The van der Waals surface area contributed by atoms with Crippen LogP contribution in [-0.4, -0.2) is 40.3 Å². The van der Waals surface area contributed by atoms with Crippen LogP contribution in [0.2, 0.25) is 0 Å². The van der Waals surface area contributed by atoms with Crippen molar-refractivity contribution in [3.63, 3.8) is 0 Å². The average Bonchev–Trinajstić information content (AvgIpc) is 3.50. The molecule has 9 heteroatoms. The molecule has 31 heavy (non-hydrogen) atoms. The molecule has 0 unspecified atom stereocenters. The number of cyclic esters (lactones) is 1. The van der Waals surface area contributed by atoms with E-state index in [1.165, 1.54) is 11.0 Å². The number of hydrogen-bond donors (Lipinski definition) is 1. The molecule has 0 saturated carbocycles. The van der Waals surface area contributed by atoms with Crippen molar-refractivity contribution in [3.05, 3.63) is 71.8 Å². The maximum absolute atomic E-state index is 14.9. The summed E-state index contributed by atoms with van der Waals surface area (Å²) in [4.78, 5) is 18.9. The molecule has 1 saturated heterocycles. The minimum absolute atomic E-state index is 0.315. The standard InChI is InChI=1S/C22H20FN5O3/c1-14-11-27(26-24-14)12-18-13-28(22(29)31-18)17-6-7-19(20(23)10-17)15-2-4-16(5-3-15)21-8-9-30-25-21/h2-8,10-11,18,25H,9,12-13H2,1H3/t18-/m0/s1. The summed E-state index contributed by atoms with van der Waals surface area (Å²) in [5.41, 5.74) is 7.14. The number of benzene rings is 2. The van der Waals surface area contributed by atoms with E-state index in [0.717, 1.165) is 22.5 Å². The highest BCUT2D eigenvalue weighted by Crippen LogP contribution is 2.30. The van der Waals surface area contributed by atoms with Crippen molar-refractivity contribution < 1.29 is 18.8 Å². The predicted molar refractivity (Wildman–Crippen MR) is 111 cm³/mol. The zero-order chi connectivity index (χ0) is 21.4. The maximum Gasteiger partial charge on any atom is 0.414 e. The Kier molecular flexibility index (Phi) is 4.87. The number of carbonyl (C=O) groups excluding carboxylic acids is 1.